The maximum Gasteiger partial charge on any atom is 0.118 e. The topological polar surface area (TPSA) is 67.8 Å². The Morgan fingerprint density at radius 1 is 0.938 bits per heavy atom. The Bertz CT molecular complexity index is 362. The van der Waals surface area contributed by atoms with E-state index in [9.17, 15) is 0 Å². The molecule has 3 nitrogen and oxygen atoms in total. The third-order valence-electron chi connectivity index (χ3n) is 1.63. The van der Waals surface area contributed by atoms with E-state index < -0.39 is 0 Å². The number of nitrogens with zero attached hydrogens (tertiary/aromatic N) is 2. The molecule has 0 atom stereocenters. The van der Waals surface area contributed by atoms with Crippen molar-refractivity contribution in [2.75, 3.05) is 0 Å². The molecule has 0 radical (unpaired) electrons. The van der Waals surface area contributed by atoms with Crippen LogP contribution < -0.4 is 0 Å². The van der Waals surface area contributed by atoms with Crippen LogP contribution in [0.5, 0.6) is 5.75 Å². The summed E-state index contributed by atoms with van der Waals surface area (Å²) in [6.07, 6.45) is 0. The van der Waals surface area contributed by atoms with Crippen molar-refractivity contribution >= 4 is 0 Å². The monoisotopic (exact) mass is 218 g/mol. The van der Waals surface area contributed by atoms with Gasteiger partial charge in [-0.15, -0.1) is 0 Å². The number of hydrogen-bond acceptors (Lipinski definition) is 3. The maximum atomic E-state index is 9.08. The Labute approximate surface area is 97.6 Å². The van der Waals surface area contributed by atoms with Crippen molar-refractivity contribution in [1.29, 1.82) is 10.5 Å². The molecule has 0 aromatic heterocycles. The lowest BCUT2D eigenvalue weighted by Crippen LogP contribution is -1.87. The summed E-state index contributed by atoms with van der Waals surface area (Å²) in [7, 11) is 0. The molecule has 0 heterocycles. The summed E-state index contributed by atoms with van der Waals surface area (Å²) in [5.41, 5.74) is 1.29. The molecule has 1 aromatic carbocycles. The van der Waals surface area contributed by atoms with E-state index in [1.807, 2.05) is 39.8 Å². The molecule has 1 N–H and O–H groups in total. The molecular formula is C13H18N2O. The number of benzene rings is 1. The molecule has 0 saturated carbocycles. The number of phenols is 1. The maximum absolute atomic E-state index is 9.08. The first-order valence-electron chi connectivity index (χ1n) is 5.33. The van der Waals surface area contributed by atoms with Crippen molar-refractivity contribution in [3.8, 4) is 17.9 Å². The number of aromatic hydroxyl groups is 1. The molecule has 16 heavy (non-hydrogen) atoms. The van der Waals surface area contributed by atoms with E-state index in [1.165, 1.54) is 12.1 Å². The van der Waals surface area contributed by atoms with Gasteiger partial charge in [0.2, 0.25) is 0 Å². The van der Waals surface area contributed by atoms with E-state index >= 15 is 0 Å². The highest BCUT2D eigenvalue weighted by atomic mass is 16.3. The van der Waals surface area contributed by atoms with Crippen LogP contribution in [0.4, 0.5) is 0 Å². The molecular weight excluding hydrogens is 200 g/mol. The van der Waals surface area contributed by atoms with Gasteiger partial charge in [0.05, 0.1) is 23.3 Å². The first kappa shape index (κ1) is 16.4. The molecule has 0 aliphatic heterocycles. The highest BCUT2D eigenvalue weighted by molar-refractivity contribution is 5.51. The molecule has 0 fully saturated rings. The third-order valence-corrected chi connectivity index (χ3v) is 1.63. The summed E-state index contributed by atoms with van der Waals surface area (Å²) in [6.45, 7) is 9.68. The van der Waals surface area contributed by atoms with Crippen molar-refractivity contribution in [3.05, 3.63) is 28.8 Å². The van der Waals surface area contributed by atoms with E-state index in [4.69, 9.17) is 15.6 Å². The zero-order valence-corrected chi connectivity index (χ0v) is 10.5. The molecule has 0 bridgehead atoms. The van der Waals surface area contributed by atoms with Crippen molar-refractivity contribution in [3.63, 3.8) is 0 Å². The van der Waals surface area contributed by atoms with Gasteiger partial charge in [-0.3, -0.25) is 0 Å². The second-order valence-electron chi connectivity index (χ2n) is 2.39. The van der Waals surface area contributed by atoms with Crippen LogP contribution in [0.3, 0.4) is 0 Å². The Kier molecular flexibility index (Phi) is 9.81. The number of rotatable bonds is 0. The van der Waals surface area contributed by atoms with Gasteiger partial charge in [-0.05, 0) is 24.6 Å². The fraction of sp³-hybridized carbons (Fsp3) is 0.385. The zero-order chi connectivity index (χ0) is 13.1. The van der Waals surface area contributed by atoms with E-state index in [0.717, 1.165) is 0 Å². The lowest BCUT2D eigenvalue weighted by molar-refractivity contribution is 0.475. The van der Waals surface area contributed by atoms with Gasteiger partial charge < -0.3 is 5.11 Å². The van der Waals surface area contributed by atoms with Gasteiger partial charge in [0.25, 0.3) is 0 Å². The summed E-state index contributed by atoms with van der Waals surface area (Å²) in [5, 5.41) is 26.3. The fourth-order valence-electron chi connectivity index (χ4n) is 0.931. The largest absolute Gasteiger partial charge is 0.508 e. The Hall–Kier alpha value is -2.00. The van der Waals surface area contributed by atoms with Gasteiger partial charge in [0.1, 0.15) is 5.75 Å². The second kappa shape index (κ2) is 9.55. The molecule has 0 amide bonds. The van der Waals surface area contributed by atoms with Gasteiger partial charge in [0.15, 0.2) is 0 Å². The highest BCUT2D eigenvalue weighted by Crippen LogP contribution is 2.19. The van der Waals surface area contributed by atoms with E-state index in [2.05, 4.69) is 0 Å². The quantitative estimate of drug-likeness (QED) is 0.724. The van der Waals surface area contributed by atoms with Crippen LogP contribution in [0, 0.1) is 29.6 Å². The predicted molar refractivity (Wildman–Crippen MR) is 65.0 cm³/mol. The molecule has 0 aliphatic carbocycles. The Balaban J connectivity index is 0. The molecule has 3 heteroatoms. The van der Waals surface area contributed by atoms with Crippen LogP contribution in [-0.4, -0.2) is 5.11 Å². The summed E-state index contributed by atoms with van der Waals surface area (Å²) in [5.74, 6) is -0.0475. The number of phenolic OH excluding ortho intramolecular Hbond substituents is 1. The molecule has 1 rings (SSSR count). The number of hydrogen-bond donors (Lipinski definition) is 1. The normalized spacial score (nSPS) is 7.19. The van der Waals surface area contributed by atoms with Crippen molar-refractivity contribution in [2.24, 2.45) is 0 Å². The van der Waals surface area contributed by atoms with Gasteiger partial charge >= 0.3 is 0 Å². The van der Waals surface area contributed by atoms with E-state index in [1.54, 1.807) is 6.92 Å². The summed E-state index contributed by atoms with van der Waals surface area (Å²) in [4.78, 5) is 0. The predicted octanol–water partition coefficient (Wildman–Crippen LogP) is 3.50. The van der Waals surface area contributed by atoms with Crippen molar-refractivity contribution < 1.29 is 5.11 Å². The average Bonchev–Trinajstić information content (AvgIpc) is 2.36. The van der Waals surface area contributed by atoms with Crippen LogP contribution in [0.1, 0.15) is 44.4 Å². The Morgan fingerprint density at radius 2 is 1.25 bits per heavy atom. The molecule has 0 unspecified atom stereocenters. The average molecular weight is 218 g/mol. The third kappa shape index (κ3) is 4.48. The fourth-order valence-corrected chi connectivity index (χ4v) is 0.931. The first-order chi connectivity index (χ1) is 7.69. The lowest BCUT2D eigenvalue weighted by Gasteiger charge is -1.99. The minimum absolute atomic E-state index is 0.0475. The molecule has 0 saturated heterocycles. The molecule has 1 aromatic rings. The van der Waals surface area contributed by atoms with Crippen molar-refractivity contribution in [2.45, 2.75) is 34.6 Å². The van der Waals surface area contributed by atoms with E-state index in [-0.39, 0.29) is 5.75 Å². The van der Waals surface area contributed by atoms with Gasteiger partial charge in [-0.25, -0.2) is 0 Å². The van der Waals surface area contributed by atoms with Crippen LogP contribution in [0.15, 0.2) is 12.1 Å². The van der Waals surface area contributed by atoms with E-state index in [0.29, 0.717) is 16.7 Å². The SMILES string of the molecule is CC.CC.Cc1c(C#N)cc(O)cc1C#N. The minimum atomic E-state index is -0.0475. The zero-order valence-electron chi connectivity index (χ0n) is 10.5. The van der Waals surface area contributed by atoms with Crippen LogP contribution >= 0.6 is 0 Å². The van der Waals surface area contributed by atoms with Gasteiger partial charge in [-0.2, -0.15) is 10.5 Å². The lowest BCUT2D eigenvalue weighted by atomic mass is 10.0. The smallest absolute Gasteiger partial charge is 0.118 e. The summed E-state index contributed by atoms with van der Waals surface area (Å²) in [6, 6.07) is 6.49. The Morgan fingerprint density at radius 3 is 1.50 bits per heavy atom. The van der Waals surface area contributed by atoms with Crippen LogP contribution in [-0.2, 0) is 0 Å². The standard InChI is InChI=1S/C9H6N2O.2C2H6/c1-6-7(4-10)2-9(12)3-8(6)5-11;2*1-2/h2-3,12H,1H3;2*1-2H3. The van der Waals surface area contributed by atoms with Crippen LogP contribution in [0.2, 0.25) is 0 Å². The van der Waals surface area contributed by atoms with Crippen molar-refractivity contribution in [1.82, 2.24) is 0 Å². The molecule has 0 spiro atoms. The van der Waals surface area contributed by atoms with Gasteiger partial charge in [0, 0.05) is 0 Å². The first-order valence-corrected chi connectivity index (χ1v) is 5.33. The van der Waals surface area contributed by atoms with Crippen LogP contribution in [0.25, 0.3) is 0 Å². The highest BCUT2D eigenvalue weighted by Gasteiger charge is 2.04. The second-order valence-corrected chi connectivity index (χ2v) is 2.39. The minimum Gasteiger partial charge on any atom is -0.508 e. The molecule has 0 aliphatic rings. The number of nitriles is 2. The summed E-state index contributed by atoms with van der Waals surface area (Å²) >= 11 is 0. The summed E-state index contributed by atoms with van der Waals surface area (Å²) < 4.78 is 0. The molecule has 86 valence electrons. The van der Waals surface area contributed by atoms with Gasteiger partial charge in [-0.1, -0.05) is 27.7 Å².